The number of aliphatic hydroxyl groups is 1. The Morgan fingerprint density at radius 2 is 1.86 bits per heavy atom. The van der Waals surface area contributed by atoms with Gasteiger partial charge in [-0.25, -0.2) is 0 Å². The molecule has 0 aliphatic heterocycles. The summed E-state index contributed by atoms with van der Waals surface area (Å²) in [6.45, 7) is -0.0269. The first-order chi connectivity index (χ1) is 10.1. The smallest absolute Gasteiger partial charge is 0.323 e. The van der Waals surface area contributed by atoms with E-state index in [0.29, 0.717) is 10.7 Å². The van der Waals surface area contributed by atoms with Gasteiger partial charge in [0.15, 0.2) is 0 Å². The number of carbonyl (C=O) groups is 1. The van der Waals surface area contributed by atoms with Crippen molar-refractivity contribution in [2.45, 2.75) is 6.10 Å². The lowest BCUT2D eigenvalue weighted by Crippen LogP contribution is -2.33. The number of nitrogens with zero attached hydrogens (tertiary/aromatic N) is 1. The molecule has 2 rings (SSSR count). The Bertz CT molecular complexity index is 603. The number of aliphatic hydroxyl groups excluding tert-OH is 1. The summed E-state index contributed by atoms with van der Waals surface area (Å²) in [5.41, 5.74) is 1.41. The van der Waals surface area contributed by atoms with Crippen molar-refractivity contribution in [3.8, 4) is 0 Å². The molecule has 2 aromatic carbocycles. The van der Waals surface area contributed by atoms with Gasteiger partial charge < -0.3 is 15.1 Å². The Balaban J connectivity index is 2.19. The molecule has 0 heterocycles. The lowest BCUT2D eigenvalue weighted by molar-refractivity contribution is -0.135. The number of aliphatic carboxylic acids is 1. The van der Waals surface area contributed by atoms with Gasteiger partial charge in [-0.3, -0.25) is 4.79 Å². The second kappa shape index (κ2) is 7.11. The van der Waals surface area contributed by atoms with Crippen molar-refractivity contribution in [3.05, 3.63) is 65.2 Å². The van der Waals surface area contributed by atoms with Crippen LogP contribution < -0.4 is 4.90 Å². The number of hydrogen-bond acceptors (Lipinski definition) is 3. The summed E-state index contributed by atoms with van der Waals surface area (Å²) in [5.74, 6) is -0.963. The first kappa shape index (κ1) is 15.4. The van der Waals surface area contributed by atoms with Crippen molar-refractivity contribution in [2.75, 3.05) is 18.0 Å². The molecule has 0 aromatic heterocycles. The van der Waals surface area contributed by atoms with E-state index in [0.717, 1.165) is 5.56 Å². The standard InChI is InChI=1S/C16H16ClNO3/c17-13-7-4-8-14(9-13)18(11-16(20)21)10-15(19)12-5-2-1-3-6-12/h1-9,15,19H,10-11H2,(H,20,21). The van der Waals surface area contributed by atoms with E-state index in [1.807, 2.05) is 30.3 Å². The van der Waals surface area contributed by atoms with Gasteiger partial charge in [-0.15, -0.1) is 0 Å². The Labute approximate surface area is 128 Å². The Morgan fingerprint density at radius 3 is 2.48 bits per heavy atom. The molecule has 0 saturated carbocycles. The van der Waals surface area contributed by atoms with Gasteiger partial charge >= 0.3 is 5.97 Å². The molecule has 0 fully saturated rings. The summed E-state index contributed by atoms with van der Waals surface area (Å²) in [6, 6.07) is 16.1. The number of anilines is 1. The first-order valence-electron chi connectivity index (χ1n) is 6.51. The van der Waals surface area contributed by atoms with Gasteiger partial charge in [0.05, 0.1) is 6.10 Å². The molecule has 0 amide bonds. The minimum Gasteiger partial charge on any atom is -0.480 e. The highest BCUT2D eigenvalue weighted by Gasteiger charge is 2.16. The van der Waals surface area contributed by atoms with Crippen molar-refractivity contribution in [1.29, 1.82) is 0 Å². The predicted molar refractivity (Wildman–Crippen MR) is 82.7 cm³/mol. The molecule has 0 radical (unpaired) electrons. The number of rotatable bonds is 6. The van der Waals surface area contributed by atoms with Crippen LogP contribution in [-0.2, 0) is 4.79 Å². The van der Waals surface area contributed by atoms with Crippen LogP contribution in [0.4, 0.5) is 5.69 Å². The summed E-state index contributed by atoms with van der Waals surface area (Å²) in [6.07, 6.45) is -0.774. The third-order valence-electron chi connectivity index (χ3n) is 3.08. The maximum absolute atomic E-state index is 11.0. The van der Waals surface area contributed by atoms with Gasteiger partial charge in [0.1, 0.15) is 6.54 Å². The van der Waals surface area contributed by atoms with E-state index in [1.54, 1.807) is 29.2 Å². The monoisotopic (exact) mass is 305 g/mol. The SMILES string of the molecule is O=C(O)CN(CC(O)c1ccccc1)c1cccc(Cl)c1. The fourth-order valence-electron chi connectivity index (χ4n) is 2.09. The summed E-state index contributed by atoms with van der Waals surface area (Å²) in [7, 11) is 0. The topological polar surface area (TPSA) is 60.8 Å². The zero-order valence-electron chi connectivity index (χ0n) is 11.3. The number of hydrogen-bond donors (Lipinski definition) is 2. The number of benzene rings is 2. The fourth-order valence-corrected chi connectivity index (χ4v) is 2.27. The maximum Gasteiger partial charge on any atom is 0.323 e. The minimum atomic E-state index is -0.963. The molecule has 110 valence electrons. The van der Waals surface area contributed by atoms with Gasteiger partial charge in [0.25, 0.3) is 0 Å². The van der Waals surface area contributed by atoms with Crippen molar-refractivity contribution in [1.82, 2.24) is 0 Å². The highest BCUT2D eigenvalue weighted by molar-refractivity contribution is 6.30. The van der Waals surface area contributed by atoms with Crippen molar-refractivity contribution >= 4 is 23.3 Å². The van der Waals surface area contributed by atoms with Crippen molar-refractivity contribution in [3.63, 3.8) is 0 Å². The zero-order chi connectivity index (χ0) is 15.2. The predicted octanol–water partition coefficient (Wildman–Crippen LogP) is 2.96. The second-order valence-electron chi connectivity index (χ2n) is 4.68. The first-order valence-corrected chi connectivity index (χ1v) is 6.89. The molecule has 0 aliphatic carbocycles. The highest BCUT2D eigenvalue weighted by atomic mass is 35.5. The van der Waals surface area contributed by atoms with Crippen LogP contribution in [0.5, 0.6) is 0 Å². The summed E-state index contributed by atoms with van der Waals surface area (Å²) in [4.78, 5) is 12.6. The Kier molecular flexibility index (Phi) is 5.20. The fraction of sp³-hybridized carbons (Fsp3) is 0.188. The maximum atomic E-state index is 11.0. The molecule has 2 aromatic rings. The Hall–Kier alpha value is -2.04. The molecule has 5 heteroatoms. The van der Waals surface area contributed by atoms with E-state index in [9.17, 15) is 9.90 Å². The van der Waals surface area contributed by atoms with Crippen LogP contribution in [-0.4, -0.2) is 29.3 Å². The third-order valence-corrected chi connectivity index (χ3v) is 3.31. The molecule has 0 bridgehead atoms. The van der Waals surface area contributed by atoms with Crippen LogP contribution in [0.3, 0.4) is 0 Å². The number of halogens is 1. The van der Waals surface area contributed by atoms with E-state index in [4.69, 9.17) is 16.7 Å². The number of carboxylic acid groups (broad SMARTS) is 1. The van der Waals surface area contributed by atoms with Crippen LogP contribution in [0.15, 0.2) is 54.6 Å². The molecule has 0 aliphatic rings. The quantitative estimate of drug-likeness (QED) is 0.861. The van der Waals surface area contributed by atoms with E-state index >= 15 is 0 Å². The van der Waals surface area contributed by atoms with Crippen molar-refractivity contribution in [2.24, 2.45) is 0 Å². The molecular formula is C16H16ClNO3. The minimum absolute atomic E-state index is 0.177. The van der Waals surface area contributed by atoms with E-state index in [-0.39, 0.29) is 13.1 Å². The molecule has 1 unspecified atom stereocenters. The average Bonchev–Trinajstić information content (AvgIpc) is 2.47. The van der Waals surface area contributed by atoms with Crippen LogP contribution in [0.2, 0.25) is 5.02 Å². The van der Waals surface area contributed by atoms with Crippen LogP contribution >= 0.6 is 11.6 Å². The summed E-state index contributed by atoms with van der Waals surface area (Å²) < 4.78 is 0. The van der Waals surface area contributed by atoms with E-state index in [1.165, 1.54) is 0 Å². The Morgan fingerprint density at radius 1 is 1.14 bits per heavy atom. The molecule has 0 spiro atoms. The summed E-state index contributed by atoms with van der Waals surface area (Å²) >= 11 is 5.94. The van der Waals surface area contributed by atoms with Crippen molar-refractivity contribution < 1.29 is 15.0 Å². The van der Waals surface area contributed by atoms with Gasteiger partial charge in [-0.2, -0.15) is 0 Å². The molecule has 21 heavy (non-hydrogen) atoms. The largest absolute Gasteiger partial charge is 0.480 e. The van der Waals surface area contributed by atoms with Crippen LogP contribution in [0, 0.1) is 0 Å². The average molecular weight is 306 g/mol. The van der Waals surface area contributed by atoms with E-state index in [2.05, 4.69) is 0 Å². The van der Waals surface area contributed by atoms with Crippen LogP contribution in [0.1, 0.15) is 11.7 Å². The molecule has 4 nitrogen and oxygen atoms in total. The molecule has 0 saturated heterocycles. The van der Waals surface area contributed by atoms with E-state index < -0.39 is 12.1 Å². The van der Waals surface area contributed by atoms with Gasteiger partial charge in [-0.05, 0) is 23.8 Å². The molecule has 2 N–H and O–H groups in total. The lowest BCUT2D eigenvalue weighted by atomic mass is 10.1. The van der Waals surface area contributed by atoms with Crippen LogP contribution in [0.25, 0.3) is 0 Å². The number of carboxylic acids is 1. The summed E-state index contributed by atoms with van der Waals surface area (Å²) in [5, 5.41) is 19.8. The van der Waals surface area contributed by atoms with Gasteiger partial charge in [0, 0.05) is 17.3 Å². The second-order valence-corrected chi connectivity index (χ2v) is 5.12. The third kappa shape index (κ3) is 4.48. The zero-order valence-corrected chi connectivity index (χ0v) is 12.1. The molecular weight excluding hydrogens is 290 g/mol. The lowest BCUT2D eigenvalue weighted by Gasteiger charge is -2.26. The molecule has 1 atom stereocenters. The highest BCUT2D eigenvalue weighted by Crippen LogP contribution is 2.22. The van der Waals surface area contributed by atoms with Gasteiger partial charge in [0.2, 0.25) is 0 Å². The van der Waals surface area contributed by atoms with Gasteiger partial charge in [-0.1, -0.05) is 48.0 Å². The normalized spacial score (nSPS) is 11.9.